The Bertz CT molecular complexity index is 1370. The quantitative estimate of drug-likeness (QED) is 0.268. The third-order valence-corrected chi connectivity index (χ3v) is 5.25. The lowest BCUT2D eigenvalue weighted by Gasteiger charge is -2.09. The number of amides is 1. The maximum Gasteiger partial charge on any atom is 0.338 e. The van der Waals surface area contributed by atoms with Gasteiger partial charge in [-0.1, -0.05) is 18.2 Å². The van der Waals surface area contributed by atoms with Crippen LogP contribution in [0.2, 0.25) is 0 Å². The molecule has 1 aromatic heterocycles. The zero-order chi connectivity index (χ0) is 24.6. The molecule has 0 aliphatic heterocycles. The van der Waals surface area contributed by atoms with Gasteiger partial charge in [-0.3, -0.25) is 9.36 Å². The number of nitrogens with one attached hydrogen (secondary N) is 2. The highest BCUT2D eigenvalue weighted by atomic mass is 16.5. The fourth-order valence-electron chi connectivity index (χ4n) is 3.53. The number of aromatic amines is 1. The number of aryl methyl sites for hydroxylation is 1. The van der Waals surface area contributed by atoms with Crippen molar-refractivity contribution in [2.75, 3.05) is 25.6 Å². The van der Waals surface area contributed by atoms with E-state index >= 15 is 0 Å². The number of ether oxygens (including phenoxy) is 3. The first-order valence-corrected chi connectivity index (χ1v) is 11.0. The third kappa shape index (κ3) is 6.08. The number of hydrogen-bond acceptors (Lipinski definition) is 6. The molecule has 0 fully saturated rings. The van der Waals surface area contributed by atoms with Crippen molar-refractivity contribution in [1.82, 2.24) is 9.55 Å². The van der Waals surface area contributed by atoms with Crippen LogP contribution in [-0.4, -0.2) is 41.8 Å². The number of anilines is 1. The maximum absolute atomic E-state index is 12.3. The molecule has 0 spiro atoms. The van der Waals surface area contributed by atoms with Crippen molar-refractivity contribution in [2.45, 2.75) is 13.0 Å². The summed E-state index contributed by atoms with van der Waals surface area (Å²) in [6.07, 6.45) is 0.497. The van der Waals surface area contributed by atoms with Gasteiger partial charge in [0.2, 0.25) is 0 Å². The minimum absolute atomic E-state index is 0.174. The number of carbonyl (C=O) groups excluding carboxylic acids is 2. The lowest BCUT2D eigenvalue weighted by Crippen LogP contribution is -2.20. The molecule has 3 aromatic carbocycles. The molecule has 0 radical (unpaired) electrons. The maximum atomic E-state index is 12.3. The Balaban J connectivity index is 1.21. The van der Waals surface area contributed by atoms with Crippen molar-refractivity contribution in [2.24, 2.45) is 0 Å². The molecule has 0 aliphatic carbocycles. The molecular formula is C26H25N3O6. The summed E-state index contributed by atoms with van der Waals surface area (Å²) in [6, 6.07) is 20.8. The van der Waals surface area contributed by atoms with Gasteiger partial charge in [-0.25, -0.2) is 9.59 Å². The lowest BCUT2D eigenvalue weighted by molar-refractivity contribution is -0.118. The molecule has 2 N–H and O–H groups in total. The van der Waals surface area contributed by atoms with Gasteiger partial charge >= 0.3 is 11.7 Å². The summed E-state index contributed by atoms with van der Waals surface area (Å²) < 4.78 is 17.6. The first kappa shape index (κ1) is 23.6. The van der Waals surface area contributed by atoms with Crippen LogP contribution in [0.4, 0.5) is 5.69 Å². The number of H-pyrrole nitrogens is 1. The smallest absolute Gasteiger partial charge is 0.338 e. The molecule has 4 rings (SSSR count). The van der Waals surface area contributed by atoms with Gasteiger partial charge in [0.1, 0.15) is 11.5 Å². The van der Waals surface area contributed by atoms with E-state index in [1.807, 2.05) is 24.3 Å². The second kappa shape index (κ2) is 11.1. The molecule has 1 heterocycles. The van der Waals surface area contributed by atoms with Crippen molar-refractivity contribution in [3.05, 3.63) is 88.8 Å². The second-order valence-corrected chi connectivity index (χ2v) is 7.68. The number of aromatic nitrogens is 2. The van der Waals surface area contributed by atoms with Crippen LogP contribution in [0, 0.1) is 0 Å². The van der Waals surface area contributed by atoms with E-state index in [1.165, 1.54) is 0 Å². The highest BCUT2D eigenvalue weighted by Gasteiger charge is 2.10. The molecule has 1 amide bonds. The SMILES string of the molecule is COc1cccc(NC(=O)COc2ccc(C(=O)OCCCn3c(=O)[nH]c4ccccc43)cc2)c1. The van der Waals surface area contributed by atoms with Crippen LogP contribution in [0.15, 0.2) is 77.6 Å². The van der Waals surface area contributed by atoms with Gasteiger partial charge < -0.3 is 24.5 Å². The zero-order valence-corrected chi connectivity index (χ0v) is 19.2. The Kier molecular flexibility index (Phi) is 7.47. The van der Waals surface area contributed by atoms with E-state index < -0.39 is 5.97 Å². The Morgan fingerprint density at radius 2 is 1.77 bits per heavy atom. The number of nitrogens with zero attached hydrogens (tertiary/aromatic N) is 1. The minimum atomic E-state index is -0.474. The van der Waals surface area contributed by atoms with E-state index in [1.54, 1.807) is 60.2 Å². The molecule has 9 heteroatoms. The van der Waals surface area contributed by atoms with E-state index in [9.17, 15) is 14.4 Å². The number of methoxy groups -OCH3 is 1. The largest absolute Gasteiger partial charge is 0.497 e. The van der Waals surface area contributed by atoms with Gasteiger partial charge in [-0.05, 0) is 55.0 Å². The molecule has 180 valence electrons. The monoisotopic (exact) mass is 475 g/mol. The molecule has 0 bridgehead atoms. The number of carbonyl (C=O) groups is 2. The zero-order valence-electron chi connectivity index (χ0n) is 19.2. The Hall–Kier alpha value is -4.53. The summed E-state index contributed by atoms with van der Waals surface area (Å²) >= 11 is 0. The summed E-state index contributed by atoms with van der Waals surface area (Å²) in [4.78, 5) is 39.3. The summed E-state index contributed by atoms with van der Waals surface area (Å²) in [5, 5.41) is 2.73. The minimum Gasteiger partial charge on any atom is -0.497 e. The highest BCUT2D eigenvalue weighted by Crippen LogP contribution is 2.17. The van der Waals surface area contributed by atoms with Crippen molar-refractivity contribution in [3.63, 3.8) is 0 Å². The molecule has 9 nitrogen and oxygen atoms in total. The summed E-state index contributed by atoms with van der Waals surface area (Å²) in [5.74, 6) is 0.286. The lowest BCUT2D eigenvalue weighted by atomic mass is 10.2. The van der Waals surface area contributed by atoms with Crippen LogP contribution in [0.1, 0.15) is 16.8 Å². The Labute approximate surface area is 201 Å². The summed E-state index contributed by atoms with van der Waals surface area (Å²) in [7, 11) is 1.55. The molecule has 35 heavy (non-hydrogen) atoms. The number of rotatable bonds is 10. The fourth-order valence-corrected chi connectivity index (χ4v) is 3.53. The normalized spacial score (nSPS) is 10.7. The predicted octanol–water partition coefficient (Wildman–Crippen LogP) is 3.60. The van der Waals surface area contributed by atoms with Gasteiger partial charge in [0.15, 0.2) is 6.61 Å². The first-order valence-electron chi connectivity index (χ1n) is 11.0. The standard InChI is InChI=1S/C26H25N3O6/c1-33-21-7-4-6-19(16-21)27-24(30)17-35-20-12-10-18(11-13-20)25(31)34-15-5-14-29-23-9-3-2-8-22(23)28-26(29)32/h2-4,6-13,16H,5,14-15,17H2,1H3,(H,27,30)(H,28,32). The predicted molar refractivity (Wildman–Crippen MR) is 131 cm³/mol. The van der Waals surface area contributed by atoms with Crippen LogP contribution in [0.3, 0.4) is 0 Å². The van der Waals surface area contributed by atoms with Crippen LogP contribution < -0.4 is 20.5 Å². The molecule has 0 aliphatic rings. The van der Waals surface area contributed by atoms with Crippen molar-refractivity contribution >= 4 is 28.6 Å². The van der Waals surface area contributed by atoms with Gasteiger partial charge in [-0.15, -0.1) is 0 Å². The molecule has 0 unspecified atom stereocenters. The van der Waals surface area contributed by atoms with E-state index in [0.717, 1.165) is 11.0 Å². The van der Waals surface area contributed by atoms with Crippen molar-refractivity contribution < 1.29 is 23.8 Å². The van der Waals surface area contributed by atoms with Crippen molar-refractivity contribution in [3.8, 4) is 11.5 Å². The van der Waals surface area contributed by atoms with Crippen LogP contribution in [0.5, 0.6) is 11.5 Å². The number of para-hydroxylation sites is 2. The molecule has 0 saturated carbocycles. The van der Waals surface area contributed by atoms with E-state index in [-0.39, 0.29) is 24.8 Å². The molecule has 0 saturated heterocycles. The van der Waals surface area contributed by atoms with Gasteiger partial charge in [0.05, 0.1) is 30.3 Å². The first-order chi connectivity index (χ1) is 17.0. The van der Waals surface area contributed by atoms with E-state index in [4.69, 9.17) is 14.2 Å². The van der Waals surface area contributed by atoms with Gasteiger partial charge in [0.25, 0.3) is 5.91 Å². The summed E-state index contributed by atoms with van der Waals surface area (Å²) in [6.45, 7) is 0.419. The van der Waals surface area contributed by atoms with E-state index in [2.05, 4.69) is 10.3 Å². The highest BCUT2D eigenvalue weighted by molar-refractivity contribution is 5.92. The third-order valence-electron chi connectivity index (χ3n) is 5.25. The van der Waals surface area contributed by atoms with Crippen LogP contribution in [-0.2, 0) is 16.1 Å². The summed E-state index contributed by atoms with van der Waals surface area (Å²) in [5.41, 5.74) is 2.37. The number of hydrogen-bond donors (Lipinski definition) is 2. The van der Waals surface area contributed by atoms with E-state index in [0.29, 0.717) is 35.7 Å². The number of benzene rings is 3. The van der Waals surface area contributed by atoms with Gasteiger partial charge in [-0.2, -0.15) is 0 Å². The fraction of sp³-hybridized carbons (Fsp3) is 0.192. The molecule has 4 aromatic rings. The van der Waals surface area contributed by atoms with Crippen LogP contribution in [0.25, 0.3) is 11.0 Å². The Morgan fingerprint density at radius 3 is 2.57 bits per heavy atom. The van der Waals surface area contributed by atoms with Crippen LogP contribution >= 0.6 is 0 Å². The van der Waals surface area contributed by atoms with Gasteiger partial charge in [0, 0.05) is 18.3 Å². The van der Waals surface area contributed by atoms with Crippen molar-refractivity contribution in [1.29, 1.82) is 0 Å². The Morgan fingerprint density at radius 1 is 0.971 bits per heavy atom. The number of esters is 1. The number of imidazole rings is 1. The number of fused-ring (bicyclic) bond motifs is 1. The average Bonchev–Trinajstić information content (AvgIpc) is 3.20. The molecule has 0 atom stereocenters. The topological polar surface area (TPSA) is 112 Å². The average molecular weight is 476 g/mol. The molecular weight excluding hydrogens is 450 g/mol. The second-order valence-electron chi connectivity index (χ2n) is 7.68.